The maximum absolute atomic E-state index is 13.7. The molecule has 0 aromatic heterocycles. The number of aliphatic hydroxyl groups excluding tert-OH is 1. The van der Waals surface area contributed by atoms with E-state index in [1.54, 1.807) is 24.3 Å². The monoisotopic (exact) mass is 413 g/mol. The van der Waals surface area contributed by atoms with Crippen molar-refractivity contribution in [3.63, 3.8) is 0 Å². The Hall–Kier alpha value is -2.81. The maximum atomic E-state index is 13.7. The van der Waals surface area contributed by atoms with Gasteiger partial charge in [-0.15, -0.1) is 0 Å². The standard InChI is InChI=1S/C20H23F4N3O2/c1-2-25-19(27-12-18(28)16-5-3-4-6-17(16)21)26-11-14-7-9-15(10-8-14)29-13-20(22,23)24/h3-10,18,28H,2,11-13H2,1H3,(H2,25,26,27). The van der Waals surface area contributed by atoms with Crippen molar-refractivity contribution in [2.45, 2.75) is 25.7 Å². The molecule has 0 saturated heterocycles. The number of hydrogen-bond donors (Lipinski definition) is 3. The summed E-state index contributed by atoms with van der Waals surface area (Å²) in [5, 5.41) is 16.1. The maximum Gasteiger partial charge on any atom is 0.422 e. The fourth-order valence-corrected chi connectivity index (χ4v) is 2.42. The molecule has 0 aliphatic carbocycles. The van der Waals surface area contributed by atoms with E-state index in [-0.39, 0.29) is 24.4 Å². The molecule has 0 radical (unpaired) electrons. The Morgan fingerprint density at radius 3 is 2.41 bits per heavy atom. The zero-order valence-electron chi connectivity index (χ0n) is 15.8. The molecule has 2 rings (SSSR count). The van der Waals surface area contributed by atoms with Crippen LogP contribution in [0.5, 0.6) is 5.75 Å². The number of hydrogen-bond acceptors (Lipinski definition) is 3. The first-order valence-electron chi connectivity index (χ1n) is 9.01. The first-order chi connectivity index (χ1) is 13.8. The van der Waals surface area contributed by atoms with Gasteiger partial charge in [0, 0.05) is 18.7 Å². The molecule has 0 bridgehead atoms. The zero-order valence-corrected chi connectivity index (χ0v) is 15.8. The van der Waals surface area contributed by atoms with Crippen LogP contribution in [-0.4, -0.2) is 36.9 Å². The van der Waals surface area contributed by atoms with Gasteiger partial charge in [-0.2, -0.15) is 13.2 Å². The number of nitrogens with zero attached hydrogens (tertiary/aromatic N) is 1. The van der Waals surface area contributed by atoms with Gasteiger partial charge in [-0.05, 0) is 30.7 Å². The van der Waals surface area contributed by atoms with Crippen molar-refractivity contribution < 1.29 is 27.4 Å². The highest BCUT2D eigenvalue weighted by molar-refractivity contribution is 5.79. The van der Waals surface area contributed by atoms with Crippen LogP contribution >= 0.6 is 0 Å². The highest BCUT2D eigenvalue weighted by Gasteiger charge is 2.28. The molecule has 2 aromatic rings. The van der Waals surface area contributed by atoms with E-state index < -0.39 is 24.7 Å². The minimum atomic E-state index is -4.39. The first kappa shape index (κ1) is 22.5. The van der Waals surface area contributed by atoms with Crippen molar-refractivity contribution in [2.24, 2.45) is 4.99 Å². The summed E-state index contributed by atoms with van der Waals surface area (Å²) >= 11 is 0. The third-order valence-corrected chi connectivity index (χ3v) is 3.82. The lowest BCUT2D eigenvalue weighted by Crippen LogP contribution is -2.39. The number of guanidine groups is 1. The molecule has 0 spiro atoms. The Labute approximate surface area is 166 Å². The summed E-state index contributed by atoms with van der Waals surface area (Å²) in [5.74, 6) is 0.0463. The second-order valence-electron chi connectivity index (χ2n) is 6.16. The van der Waals surface area contributed by atoms with Gasteiger partial charge in [-0.3, -0.25) is 0 Å². The summed E-state index contributed by atoms with van der Waals surface area (Å²) in [5.41, 5.74) is 0.946. The van der Waals surface area contributed by atoms with Crippen LogP contribution in [0.25, 0.3) is 0 Å². The molecule has 2 aromatic carbocycles. The predicted molar refractivity (Wildman–Crippen MR) is 102 cm³/mol. The number of rotatable bonds is 8. The molecule has 29 heavy (non-hydrogen) atoms. The minimum absolute atomic E-state index is 0.0526. The van der Waals surface area contributed by atoms with Crippen LogP contribution in [0.3, 0.4) is 0 Å². The molecule has 1 atom stereocenters. The highest BCUT2D eigenvalue weighted by Crippen LogP contribution is 2.19. The van der Waals surface area contributed by atoms with Gasteiger partial charge in [-0.1, -0.05) is 30.3 Å². The van der Waals surface area contributed by atoms with Crippen LogP contribution in [0.1, 0.15) is 24.2 Å². The number of benzene rings is 2. The van der Waals surface area contributed by atoms with E-state index in [1.807, 2.05) is 6.92 Å². The van der Waals surface area contributed by atoms with E-state index in [1.165, 1.54) is 24.3 Å². The molecule has 3 N–H and O–H groups in total. The zero-order chi connectivity index (χ0) is 21.3. The van der Waals surface area contributed by atoms with Gasteiger partial charge in [0.25, 0.3) is 0 Å². The summed E-state index contributed by atoms with van der Waals surface area (Å²) in [4.78, 5) is 4.36. The summed E-state index contributed by atoms with van der Waals surface area (Å²) in [6.07, 6.45) is -5.44. The van der Waals surface area contributed by atoms with Crippen molar-refractivity contribution in [1.29, 1.82) is 0 Å². The smallest absolute Gasteiger partial charge is 0.422 e. The quantitative estimate of drug-likeness (QED) is 0.352. The van der Waals surface area contributed by atoms with E-state index >= 15 is 0 Å². The van der Waals surface area contributed by atoms with Crippen LogP contribution in [0.2, 0.25) is 0 Å². The van der Waals surface area contributed by atoms with Crippen LogP contribution in [0, 0.1) is 5.82 Å². The minimum Gasteiger partial charge on any atom is -0.484 e. The molecule has 158 valence electrons. The lowest BCUT2D eigenvalue weighted by Gasteiger charge is -2.16. The normalized spacial score (nSPS) is 13.1. The summed E-state index contributed by atoms with van der Waals surface area (Å²) in [6.45, 7) is 1.41. The Balaban J connectivity index is 1.92. The fraction of sp³-hybridized carbons (Fsp3) is 0.350. The Morgan fingerprint density at radius 2 is 1.79 bits per heavy atom. The number of nitrogens with one attached hydrogen (secondary N) is 2. The molecule has 0 amide bonds. The molecule has 5 nitrogen and oxygen atoms in total. The van der Waals surface area contributed by atoms with Crippen LogP contribution in [0.15, 0.2) is 53.5 Å². The number of alkyl halides is 3. The average Bonchev–Trinajstić information content (AvgIpc) is 2.69. The van der Waals surface area contributed by atoms with Gasteiger partial charge in [0.2, 0.25) is 0 Å². The van der Waals surface area contributed by atoms with Gasteiger partial charge in [-0.25, -0.2) is 9.38 Å². The van der Waals surface area contributed by atoms with Crippen molar-refractivity contribution in [3.05, 3.63) is 65.5 Å². The molecule has 0 saturated carbocycles. The number of ether oxygens (including phenoxy) is 1. The first-order valence-corrected chi connectivity index (χ1v) is 9.01. The Kier molecular flexibility index (Phi) is 8.26. The second kappa shape index (κ2) is 10.7. The van der Waals surface area contributed by atoms with Crippen molar-refractivity contribution in [1.82, 2.24) is 10.6 Å². The Morgan fingerprint density at radius 1 is 1.10 bits per heavy atom. The summed E-state index contributed by atoms with van der Waals surface area (Å²) in [7, 11) is 0. The van der Waals surface area contributed by atoms with E-state index in [9.17, 15) is 22.7 Å². The number of halogens is 4. The molecule has 0 heterocycles. The molecule has 1 unspecified atom stereocenters. The lowest BCUT2D eigenvalue weighted by molar-refractivity contribution is -0.153. The Bertz CT molecular complexity index is 795. The molecule has 9 heteroatoms. The van der Waals surface area contributed by atoms with E-state index in [0.717, 1.165) is 5.56 Å². The van der Waals surface area contributed by atoms with Crippen molar-refractivity contribution >= 4 is 5.96 Å². The number of aliphatic hydroxyl groups is 1. The van der Waals surface area contributed by atoms with Crippen LogP contribution in [0.4, 0.5) is 17.6 Å². The fourth-order valence-electron chi connectivity index (χ4n) is 2.42. The average molecular weight is 413 g/mol. The highest BCUT2D eigenvalue weighted by atomic mass is 19.4. The third kappa shape index (κ3) is 7.98. The van der Waals surface area contributed by atoms with Gasteiger partial charge in [0.05, 0.1) is 12.6 Å². The molecular weight excluding hydrogens is 390 g/mol. The predicted octanol–water partition coefficient (Wildman–Crippen LogP) is 3.56. The summed E-state index contributed by atoms with van der Waals surface area (Å²) in [6, 6.07) is 12.1. The summed E-state index contributed by atoms with van der Waals surface area (Å²) < 4.78 is 54.9. The van der Waals surface area contributed by atoms with E-state index in [2.05, 4.69) is 20.4 Å². The molecule has 0 aliphatic heterocycles. The SMILES string of the molecule is CCNC(=NCc1ccc(OCC(F)(F)F)cc1)NCC(O)c1ccccc1F. The van der Waals surface area contributed by atoms with Crippen LogP contribution < -0.4 is 15.4 Å². The largest absolute Gasteiger partial charge is 0.484 e. The third-order valence-electron chi connectivity index (χ3n) is 3.82. The van der Waals surface area contributed by atoms with E-state index in [4.69, 9.17) is 0 Å². The van der Waals surface area contributed by atoms with Gasteiger partial charge in [0.15, 0.2) is 12.6 Å². The van der Waals surface area contributed by atoms with Gasteiger partial charge < -0.3 is 20.5 Å². The second-order valence-corrected chi connectivity index (χ2v) is 6.16. The van der Waals surface area contributed by atoms with Crippen molar-refractivity contribution in [3.8, 4) is 5.75 Å². The topological polar surface area (TPSA) is 65.9 Å². The molecular formula is C20H23F4N3O2. The lowest BCUT2D eigenvalue weighted by atomic mass is 10.1. The molecule has 0 fully saturated rings. The molecule has 0 aliphatic rings. The number of aliphatic imine (C=N–C) groups is 1. The van der Waals surface area contributed by atoms with Gasteiger partial charge in [0.1, 0.15) is 11.6 Å². The van der Waals surface area contributed by atoms with Gasteiger partial charge >= 0.3 is 6.18 Å². The van der Waals surface area contributed by atoms with E-state index in [0.29, 0.717) is 12.5 Å². The van der Waals surface area contributed by atoms with Crippen molar-refractivity contribution in [2.75, 3.05) is 19.7 Å². The van der Waals surface area contributed by atoms with Crippen LogP contribution in [-0.2, 0) is 6.54 Å².